The van der Waals surface area contributed by atoms with Crippen molar-refractivity contribution < 1.29 is 5.11 Å². The van der Waals surface area contributed by atoms with Gasteiger partial charge < -0.3 is 10.4 Å². The van der Waals surface area contributed by atoms with E-state index in [2.05, 4.69) is 19.2 Å². The number of benzene rings is 1. The Bertz CT molecular complexity index is 1030. The fourth-order valence-corrected chi connectivity index (χ4v) is 5.74. The Labute approximate surface area is 166 Å². The second-order valence-electron chi connectivity index (χ2n) is 7.32. The van der Waals surface area contributed by atoms with Gasteiger partial charge in [0, 0.05) is 28.5 Å². The van der Waals surface area contributed by atoms with E-state index in [-0.39, 0.29) is 16.9 Å². The lowest BCUT2D eigenvalue weighted by atomic mass is 10.00. The number of thiophene rings is 1. The minimum absolute atomic E-state index is 0.0158. The van der Waals surface area contributed by atoms with Crippen molar-refractivity contribution in [2.75, 3.05) is 18.5 Å². The number of hydrogen-bond acceptors (Lipinski definition) is 6. The molecule has 1 aromatic carbocycles. The summed E-state index contributed by atoms with van der Waals surface area (Å²) < 4.78 is 1.80. The Morgan fingerprint density at radius 2 is 2.07 bits per heavy atom. The molecule has 0 fully saturated rings. The van der Waals surface area contributed by atoms with Gasteiger partial charge in [-0.15, -0.1) is 23.1 Å². The van der Waals surface area contributed by atoms with Crippen LogP contribution in [-0.4, -0.2) is 32.6 Å². The highest BCUT2D eigenvalue weighted by molar-refractivity contribution is 8.00. The van der Waals surface area contributed by atoms with Crippen LogP contribution in [0.4, 0.5) is 5.95 Å². The molecule has 0 unspecified atom stereocenters. The Morgan fingerprint density at radius 1 is 1.30 bits per heavy atom. The van der Waals surface area contributed by atoms with E-state index in [0.717, 1.165) is 28.1 Å². The fraction of sp³-hybridized carbons (Fsp3) is 0.400. The maximum absolute atomic E-state index is 13.6. The summed E-state index contributed by atoms with van der Waals surface area (Å²) in [5.41, 5.74) is 1.95. The van der Waals surface area contributed by atoms with E-state index in [9.17, 15) is 4.79 Å². The van der Waals surface area contributed by atoms with Crippen LogP contribution in [0.15, 0.2) is 35.1 Å². The third-order valence-electron chi connectivity index (χ3n) is 4.74. The van der Waals surface area contributed by atoms with Gasteiger partial charge in [-0.1, -0.05) is 32.0 Å². The molecule has 0 atom stereocenters. The van der Waals surface area contributed by atoms with Crippen molar-refractivity contribution in [1.82, 2.24) is 9.55 Å². The molecular weight excluding hydrogens is 378 g/mol. The predicted octanol–water partition coefficient (Wildman–Crippen LogP) is 3.81. The number of aromatic nitrogens is 2. The van der Waals surface area contributed by atoms with Crippen molar-refractivity contribution in [1.29, 1.82) is 0 Å². The zero-order chi connectivity index (χ0) is 19.0. The van der Waals surface area contributed by atoms with Crippen molar-refractivity contribution in [2.45, 2.75) is 37.2 Å². The van der Waals surface area contributed by atoms with Crippen LogP contribution in [0.5, 0.6) is 0 Å². The molecule has 2 N–H and O–H groups in total. The van der Waals surface area contributed by atoms with Gasteiger partial charge >= 0.3 is 0 Å². The van der Waals surface area contributed by atoms with Crippen LogP contribution in [0.2, 0.25) is 0 Å². The minimum atomic E-state index is -0.0158. The number of thioether (sulfide) groups is 1. The van der Waals surface area contributed by atoms with E-state index in [1.54, 1.807) is 15.9 Å². The highest BCUT2D eigenvalue weighted by Crippen LogP contribution is 2.44. The van der Waals surface area contributed by atoms with Crippen LogP contribution in [-0.2, 0) is 12.2 Å². The highest BCUT2D eigenvalue weighted by atomic mass is 32.2. The predicted molar refractivity (Wildman–Crippen MR) is 114 cm³/mol. The van der Waals surface area contributed by atoms with Gasteiger partial charge in [0.05, 0.1) is 11.1 Å². The highest BCUT2D eigenvalue weighted by Gasteiger charge is 2.31. The zero-order valence-electron chi connectivity index (χ0n) is 15.5. The first-order valence-electron chi connectivity index (χ1n) is 9.11. The van der Waals surface area contributed by atoms with E-state index >= 15 is 0 Å². The summed E-state index contributed by atoms with van der Waals surface area (Å²) in [5, 5.41) is 13.1. The van der Waals surface area contributed by atoms with Gasteiger partial charge in [0.1, 0.15) is 4.83 Å². The maximum Gasteiger partial charge on any atom is 0.268 e. The molecule has 3 heterocycles. The number of fused-ring (bicyclic) bond motifs is 3. The van der Waals surface area contributed by atoms with E-state index in [1.165, 1.54) is 10.4 Å². The number of rotatable bonds is 5. The molecule has 7 heteroatoms. The summed E-state index contributed by atoms with van der Waals surface area (Å²) in [5.74, 6) is 1.47. The molecule has 0 saturated heterocycles. The summed E-state index contributed by atoms with van der Waals surface area (Å²) in [6, 6.07) is 9.62. The molecule has 3 aromatic rings. The summed E-state index contributed by atoms with van der Waals surface area (Å²) in [7, 11) is 0. The first kappa shape index (κ1) is 18.5. The third kappa shape index (κ3) is 3.51. The molecule has 0 spiro atoms. The summed E-state index contributed by atoms with van der Waals surface area (Å²) in [6.07, 6.45) is 1.49. The molecule has 0 saturated carbocycles. The van der Waals surface area contributed by atoms with Crippen molar-refractivity contribution in [2.24, 2.45) is 0 Å². The summed E-state index contributed by atoms with van der Waals surface area (Å²) in [4.78, 5) is 20.5. The van der Waals surface area contributed by atoms with E-state index < -0.39 is 0 Å². The van der Waals surface area contributed by atoms with Crippen LogP contribution in [0.3, 0.4) is 0 Å². The minimum Gasteiger partial charge on any atom is -0.396 e. The molecule has 0 radical (unpaired) electrons. The number of aliphatic hydroxyl groups is 1. The normalized spacial score (nSPS) is 15.7. The van der Waals surface area contributed by atoms with Crippen molar-refractivity contribution in [3.05, 3.63) is 51.1 Å². The largest absolute Gasteiger partial charge is 0.396 e. The van der Waals surface area contributed by atoms with Crippen molar-refractivity contribution >= 4 is 39.3 Å². The lowest BCUT2D eigenvalue weighted by Crippen LogP contribution is -2.27. The zero-order valence-corrected chi connectivity index (χ0v) is 17.1. The molecule has 27 heavy (non-hydrogen) atoms. The van der Waals surface area contributed by atoms with Crippen LogP contribution in [0.1, 0.15) is 30.7 Å². The molecule has 5 nitrogen and oxygen atoms in total. The number of para-hydroxylation sites is 1. The molecule has 2 aromatic heterocycles. The lowest BCUT2D eigenvalue weighted by Gasteiger charge is -2.28. The molecule has 4 rings (SSSR count). The first-order chi connectivity index (χ1) is 13.0. The van der Waals surface area contributed by atoms with E-state index in [0.29, 0.717) is 18.9 Å². The summed E-state index contributed by atoms with van der Waals surface area (Å²) in [6.45, 7) is 5.13. The number of nitrogens with zero attached hydrogens (tertiary/aromatic N) is 2. The molecule has 0 aliphatic carbocycles. The molecule has 1 aliphatic heterocycles. The molecule has 1 aliphatic rings. The quantitative estimate of drug-likeness (QED) is 0.637. The Balaban J connectivity index is 1.93. The lowest BCUT2D eigenvalue weighted by molar-refractivity contribution is 0.292. The van der Waals surface area contributed by atoms with Gasteiger partial charge in [-0.2, -0.15) is 0 Å². The maximum atomic E-state index is 13.6. The number of aliphatic hydroxyl groups excluding tert-OH is 1. The first-order valence-corrected chi connectivity index (χ1v) is 10.9. The molecule has 0 amide bonds. The average Bonchev–Trinajstić information content (AvgIpc) is 2.99. The summed E-state index contributed by atoms with van der Waals surface area (Å²) >= 11 is 3.57. The monoisotopic (exact) mass is 401 g/mol. The van der Waals surface area contributed by atoms with Gasteiger partial charge in [0.15, 0.2) is 0 Å². The fourth-order valence-electron chi connectivity index (χ4n) is 3.41. The standard InChI is InChI=1S/C20H23N3O2S2/c1-20(2)11-14-15(12-26-20)27-17-16(14)18(25)23(13-7-4-3-5-8-13)19(22-17)21-9-6-10-24/h3-5,7-8,24H,6,9-12H2,1-2H3,(H,21,22). The van der Waals surface area contributed by atoms with Gasteiger partial charge in [-0.25, -0.2) is 9.55 Å². The van der Waals surface area contributed by atoms with Gasteiger partial charge in [0.25, 0.3) is 5.56 Å². The SMILES string of the molecule is CC1(C)Cc2c(sc3nc(NCCCO)n(-c4ccccc4)c(=O)c23)CS1. The number of hydrogen-bond donors (Lipinski definition) is 2. The smallest absolute Gasteiger partial charge is 0.268 e. The van der Waals surface area contributed by atoms with Gasteiger partial charge in [0.2, 0.25) is 5.95 Å². The van der Waals surface area contributed by atoms with Crippen molar-refractivity contribution in [3.63, 3.8) is 0 Å². The average molecular weight is 402 g/mol. The number of anilines is 1. The Hall–Kier alpha value is -1.83. The van der Waals surface area contributed by atoms with Gasteiger partial charge in [-0.05, 0) is 30.5 Å². The second kappa shape index (κ2) is 7.30. The van der Waals surface area contributed by atoms with Crippen LogP contribution >= 0.6 is 23.1 Å². The Morgan fingerprint density at radius 3 is 2.81 bits per heavy atom. The van der Waals surface area contributed by atoms with Gasteiger partial charge in [-0.3, -0.25) is 4.79 Å². The van der Waals surface area contributed by atoms with E-state index in [1.807, 2.05) is 42.1 Å². The molecule has 0 bridgehead atoms. The van der Waals surface area contributed by atoms with Crippen LogP contribution in [0, 0.1) is 0 Å². The van der Waals surface area contributed by atoms with Crippen LogP contribution < -0.4 is 10.9 Å². The molecule has 142 valence electrons. The third-order valence-corrected chi connectivity index (χ3v) is 7.40. The number of nitrogens with one attached hydrogen (secondary N) is 1. The van der Waals surface area contributed by atoms with Crippen LogP contribution in [0.25, 0.3) is 15.9 Å². The molecular formula is C20H23N3O2S2. The van der Waals surface area contributed by atoms with Crippen molar-refractivity contribution in [3.8, 4) is 5.69 Å². The second-order valence-corrected chi connectivity index (χ2v) is 10.1. The topological polar surface area (TPSA) is 67.2 Å². The van der Waals surface area contributed by atoms with E-state index in [4.69, 9.17) is 10.1 Å². The Kier molecular flexibility index (Phi) is 5.01.